The summed E-state index contributed by atoms with van der Waals surface area (Å²) in [5.74, 6) is 1.78. The molecule has 0 atom stereocenters. The van der Waals surface area contributed by atoms with E-state index in [0.29, 0.717) is 17.1 Å². The first-order chi connectivity index (χ1) is 15.3. The smallest absolute Gasteiger partial charge is 0.134 e. The van der Waals surface area contributed by atoms with Gasteiger partial charge in [-0.1, -0.05) is 12.1 Å². The summed E-state index contributed by atoms with van der Waals surface area (Å²) < 4.78 is 6.08. The summed E-state index contributed by atoms with van der Waals surface area (Å²) in [5.41, 5.74) is 5.09. The van der Waals surface area contributed by atoms with Gasteiger partial charge in [0.1, 0.15) is 28.7 Å². The van der Waals surface area contributed by atoms with Crippen molar-refractivity contribution in [3.63, 3.8) is 0 Å². The highest BCUT2D eigenvalue weighted by molar-refractivity contribution is 5.81. The van der Waals surface area contributed by atoms with Gasteiger partial charge in [-0.3, -0.25) is 0 Å². The van der Waals surface area contributed by atoms with E-state index < -0.39 is 0 Å². The minimum atomic E-state index is 0.180. The van der Waals surface area contributed by atoms with E-state index >= 15 is 0 Å². The predicted molar refractivity (Wildman–Crippen MR) is 127 cm³/mol. The molecule has 0 aliphatic carbocycles. The van der Waals surface area contributed by atoms with E-state index in [4.69, 9.17) is 4.74 Å². The molecule has 4 aromatic carbocycles. The van der Waals surface area contributed by atoms with Gasteiger partial charge in [-0.2, -0.15) is 0 Å². The number of anilines is 3. The molecule has 4 aromatic rings. The van der Waals surface area contributed by atoms with E-state index in [9.17, 15) is 15.3 Å². The van der Waals surface area contributed by atoms with E-state index in [1.165, 1.54) is 0 Å². The molecule has 0 saturated heterocycles. The fourth-order valence-electron chi connectivity index (χ4n) is 3.72. The third kappa shape index (κ3) is 4.18. The van der Waals surface area contributed by atoms with Gasteiger partial charge in [-0.05, 0) is 92.6 Å². The van der Waals surface area contributed by atoms with Gasteiger partial charge in [-0.25, -0.2) is 0 Å². The zero-order valence-corrected chi connectivity index (χ0v) is 18.2. The molecule has 0 radical (unpaired) electrons. The summed E-state index contributed by atoms with van der Waals surface area (Å²) >= 11 is 0. The molecular formula is C27H25NO4. The van der Waals surface area contributed by atoms with Crippen LogP contribution in [0.4, 0.5) is 17.1 Å². The van der Waals surface area contributed by atoms with Crippen LogP contribution in [-0.2, 0) is 0 Å². The maximum atomic E-state index is 10.00. The lowest BCUT2D eigenvalue weighted by Gasteiger charge is -2.29. The summed E-state index contributed by atoms with van der Waals surface area (Å²) in [7, 11) is 0. The van der Waals surface area contributed by atoms with Crippen molar-refractivity contribution >= 4 is 17.1 Å². The second kappa shape index (κ2) is 8.55. The van der Waals surface area contributed by atoms with E-state index in [-0.39, 0.29) is 17.2 Å². The largest absolute Gasteiger partial charge is 0.508 e. The van der Waals surface area contributed by atoms with Crippen molar-refractivity contribution in [3.8, 4) is 28.7 Å². The Hall–Kier alpha value is -4.12. The number of nitrogens with zero attached hydrogens (tertiary/aromatic N) is 1. The van der Waals surface area contributed by atoms with E-state index in [0.717, 1.165) is 28.2 Å². The molecule has 4 rings (SSSR count). The zero-order valence-electron chi connectivity index (χ0n) is 18.2. The molecule has 32 heavy (non-hydrogen) atoms. The first kappa shape index (κ1) is 21.1. The summed E-state index contributed by atoms with van der Waals surface area (Å²) in [4.78, 5) is 2.06. The maximum Gasteiger partial charge on any atom is 0.134 e. The molecule has 0 unspecified atom stereocenters. The Kier molecular flexibility index (Phi) is 5.65. The number of hydrogen-bond acceptors (Lipinski definition) is 5. The molecule has 0 spiro atoms. The highest BCUT2D eigenvalue weighted by atomic mass is 16.5. The Morgan fingerprint density at radius 1 is 0.656 bits per heavy atom. The molecule has 0 aliphatic rings. The number of ether oxygens (including phenoxy) is 1. The minimum Gasteiger partial charge on any atom is -0.508 e. The lowest BCUT2D eigenvalue weighted by atomic mass is 10.1. The number of benzene rings is 4. The fraction of sp³-hybridized carbons (Fsp3) is 0.111. The SMILES string of the molecule is Cc1cc(O)ccc1N(c1cccc(Oc2cccc(O)c2C)c1)c1ccc(O)cc1C. The lowest BCUT2D eigenvalue weighted by molar-refractivity contribution is 0.448. The average molecular weight is 428 g/mol. The van der Waals surface area contributed by atoms with Gasteiger partial charge in [0, 0.05) is 28.7 Å². The van der Waals surface area contributed by atoms with Crippen molar-refractivity contribution in [2.45, 2.75) is 20.8 Å². The molecule has 162 valence electrons. The molecule has 0 aromatic heterocycles. The third-order valence-electron chi connectivity index (χ3n) is 5.40. The summed E-state index contributed by atoms with van der Waals surface area (Å²) in [6.45, 7) is 5.68. The maximum absolute atomic E-state index is 10.00. The standard InChI is InChI=1S/C27H25NO4/c1-17-14-21(29)10-12-24(17)28(25-13-11-22(30)15-18(25)2)20-6-4-7-23(16-20)32-27-9-5-8-26(31)19(27)3/h4-16,29-31H,1-3H3. The number of phenolic OH excluding ortho intramolecular Hbond substituents is 3. The minimum absolute atomic E-state index is 0.180. The number of phenols is 3. The highest BCUT2D eigenvalue weighted by Crippen LogP contribution is 2.41. The molecule has 0 amide bonds. The quantitative estimate of drug-likeness (QED) is 0.320. The number of rotatable bonds is 5. The molecule has 0 saturated carbocycles. The molecular weight excluding hydrogens is 402 g/mol. The number of aromatic hydroxyl groups is 3. The van der Waals surface area contributed by atoms with Gasteiger partial charge in [0.15, 0.2) is 0 Å². The Labute approximate surface area is 187 Å². The number of hydrogen-bond donors (Lipinski definition) is 3. The van der Waals surface area contributed by atoms with Crippen LogP contribution in [0.1, 0.15) is 16.7 Å². The van der Waals surface area contributed by atoms with Crippen molar-refractivity contribution in [3.05, 3.63) is 95.6 Å². The van der Waals surface area contributed by atoms with E-state index in [2.05, 4.69) is 4.90 Å². The molecule has 5 nitrogen and oxygen atoms in total. The van der Waals surface area contributed by atoms with Crippen LogP contribution in [0, 0.1) is 20.8 Å². The van der Waals surface area contributed by atoms with Crippen LogP contribution >= 0.6 is 0 Å². The monoisotopic (exact) mass is 427 g/mol. The Bertz CT molecular complexity index is 1230. The molecule has 3 N–H and O–H groups in total. The summed E-state index contributed by atoms with van der Waals surface area (Å²) in [6, 6.07) is 23.3. The van der Waals surface area contributed by atoms with Crippen LogP contribution in [0.3, 0.4) is 0 Å². The van der Waals surface area contributed by atoms with Crippen LogP contribution < -0.4 is 9.64 Å². The van der Waals surface area contributed by atoms with E-state index in [1.807, 2.05) is 56.3 Å². The van der Waals surface area contributed by atoms with Crippen molar-refractivity contribution in [1.29, 1.82) is 0 Å². The number of aryl methyl sites for hydroxylation is 2. The van der Waals surface area contributed by atoms with Crippen molar-refractivity contribution in [1.82, 2.24) is 0 Å². The van der Waals surface area contributed by atoms with Crippen LogP contribution in [0.15, 0.2) is 78.9 Å². The van der Waals surface area contributed by atoms with E-state index in [1.54, 1.807) is 43.3 Å². The molecule has 0 bridgehead atoms. The van der Waals surface area contributed by atoms with Gasteiger partial charge in [-0.15, -0.1) is 0 Å². The third-order valence-corrected chi connectivity index (χ3v) is 5.40. The zero-order chi connectivity index (χ0) is 22.8. The Morgan fingerprint density at radius 2 is 1.25 bits per heavy atom. The van der Waals surface area contributed by atoms with Crippen LogP contribution in [-0.4, -0.2) is 15.3 Å². The van der Waals surface area contributed by atoms with Gasteiger partial charge >= 0.3 is 0 Å². The van der Waals surface area contributed by atoms with Crippen LogP contribution in [0.2, 0.25) is 0 Å². The lowest BCUT2D eigenvalue weighted by Crippen LogP contribution is -2.12. The predicted octanol–water partition coefficient (Wildman–Crippen LogP) is 6.99. The normalized spacial score (nSPS) is 10.7. The first-order valence-corrected chi connectivity index (χ1v) is 10.3. The molecule has 5 heteroatoms. The molecule has 0 fully saturated rings. The van der Waals surface area contributed by atoms with Gasteiger partial charge in [0.25, 0.3) is 0 Å². The van der Waals surface area contributed by atoms with Gasteiger partial charge in [0.2, 0.25) is 0 Å². The Balaban J connectivity index is 1.83. The van der Waals surface area contributed by atoms with Gasteiger partial charge < -0.3 is 25.0 Å². The highest BCUT2D eigenvalue weighted by Gasteiger charge is 2.18. The second-order valence-corrected chi connectivity index (χ2v) is 7.78. The average Bonchev–Trinajstić information content (AvgIpc) is 2.75. The first-order valence-electron chi connectivity index (χ1n) is 10.3. The van der Waals surface area contributed by atoms with Crippen LogP contribution in [0.25, 0.3) is 0 Å². The summed E-state index contributed by atoms with van der Waals surface area (Å²) in [6.07, 6.45) is 0. The van der Waals surface area contributed by atoms with Crippen molar-refractivity contribution in [2.24, 2.45) is 0 Å². The Morgan fingerprint density at radius 3 is 1.84 bits per heavy atom. The summed E-state index contributed by atoms with van der Waals surface area (Å²) in [5, 5.41) is 29.8. The molecule has 0 aliphatic heterocycles. The fourth-order valence-corrected chi connectivity index (χ4v) is 3.72. The second-order valence-electron chi connectivity index (χ2n) is 7.78. The molecule has 0 heterocycles. The topological polar surface area (TPSA) is 73.2 Å². The van der Waals surface area contributed by atoms with Crippen LogP contribution in [0.5, 0.6) is 28.7 Å². The van der Waals surface area contributed by atoms with Crippen molar-refractivity contribution in [2.75, 3.05) is 4.90 Å². The van der Waals surface area contributed by atoms with Crippen molar-refractivity contribution < 1.29 is 20.1 Å². The van der Waals surface area contributed by atoms with Gasteiger partial charge in [0.05, 0.1) is 0 Å².